The first-order chi connectivity index (χ1) is 11.2. The van der Waals surface area contributed by atoms with Gasteiger partial charge >= 0.3 is 0 Å². The quantitative estimate of drug-likeness (QED) is 0.879. The zero-order chi connectivity index (χ0) is 16.2. The van der Waals surface area contributed by atoms with Crippen molar-refractivity contribution in [2.75, 3.05) is 19.8 Å². The lowest BCUT2D eigenvalue weighted by Gasteiger charge is -2.24. The first-order valence-electron chi connectivity index (χ1n) is 8.24. The van der Waals surface area contributed by atoms with Crippen molar-refractivity contribution < 1.29 is 9.53 Å². The van der Waals surface area contributed by atoms with Gasteiger partial charge in [0.1, 0.15) is 5.82 Å². The van der Waals surface area contributed by atoms with Crippen LogP contribution in [0.1, 0.15) is 32.1 Å². The monoisotopic (exact) mass is 316 g/mol. The second-order valence-electron chi connectivity index (χ2n) is 5.92. The van der Waals surface area contributed by atoms with Gasteiger partial charge in [0.2, 0.25) is 5.91 Å². The molecule has 6 nitrogen and oxygen atoms in total. The van der Waals surface area contributed by atoms with Crippen LogP contribution in [0, 0.1) is 0 Å². The highest BCUT2D eigenvalue weighted by Crippen LogP contribution is 2.20. The van der Waals surface area contributed by atoms with E-state index in [1.807, 2.05) is 25.1 Å². The van der Waals surface area contributed by atoms with Crippen LogP contribution in [0.25, 0.3) is 11.0 Å². The number of hydrogen-bond acceptors (Lipinski definition) is 4. The van der Waals surface area contributed by atoms with E-state index < -0.39 is 0 Å². The first-order valence-corrected chi connectivity index (χ1v) is 8.24. The number of carbonyl (C=O) groups is 1. The molecular formula is C17H24N4O2. The van der Waals surface area contributed by atoms with Crippen molar-refractivity contribution in [1.82, 2.24) is 20.2 Å². The number of imidazole rings is 1. The standard InChI is InChI=1S/C17H24N4O2/c1-3-21-15-7-5-4-6-14(15)20-17(21)12(2)19-16(22)10-13-11-23-9-8-18-13/h4-7,12-13,18H,3,8-11H2,1-2H3,(H,19,22). The Kier molecular flexibility index (Phi) is 4.93. The molecule has 2 N–H and O–H groups in total. The zero-order valence-electron chi connectivity index (χ0n) is 13.7. The molecule has 2 atom stereocenters. The fourth-order valence-corrected chi connectivity index (χ4v) is 3.10. The van der Waals surface area contributed by atoms with Crippen molar-refractivity contribution >= 4 is 16.9 Å². The van der Waals surface area contributed by atoms with Crippen LogP contribution in [0.3, 0.4) is 0 Å². The third-order valence-corrected chi connectivity index (χ3v) is 4.20. The number of benzene rings is 1. The van der Waals surface area contributed by atoms with Crippen molar-refractivity contribution in [3.05, 3.63) is 30.1 Å². The van der Waals surface area contributed by atoms with Crippen LogP contribution in [-0.4, -0.2) is 41.3 Å². The SMILES string of the molecule is CCn1c(C(C)NC(=O)CC2COCCN2)nc2ccccc21. The summed E-state index contributed by atoms with van der Waals surface area (Å²) < 4.78 is 7.55. The molecular weight excluding hydrogens is 292 g/mol. The Balaban J connectivity index is 1.70. The highest BCUT2D eigenvalue weighted by atomic mass is 16.5. The number of amides is 1. The second-order valence-corrected chi connectivity index (χ2v) is 5.92. The number of fused-ring (bicyclic) bond motifs is 1. The predicted octanol–water partition coefficient (Wildman–Crippen LogP) is 1.61. The van der Waals surface area contributed by atoms with Gasteiger partial charge in [-0.3, -0.25) is 4.79 Å². The maximum Gasteiger partial charge on any atom is 0.222 e. The fourth-order valence-electron chi connectivity index (χ4n) is 3.10. The zero-order valence-corrected chi connectivity index (χ0v) is 13.7. The molecule has 6 heteroatoms. The molecule has 2 aromatic rings. The van der Waals surface area contributed by atoms with Gasteiger partial charge in [-0.25, -0.2) is 4.98 Å². The number of aromatic nitrogens is 2. The number of nitrogens with zero attached hydrogens (tertiary/aromatic N) is 2. The van der Waals surface area contributed by atoms with Crippen molar-refractivity contribution in [1.29, 1.82) is 0 Å². The van der Waals surface area contributed by atoms with E-state index in [0.29, 0.717) is 13.0 Å². The Labute approximate surface area is 136 Å². The fraction of sp³-hybridized carbons (Fsp3) is 0.529. The Morgan fingerprint density at radius 1 is 1.52 bits per heavy atom. The molecule has 0 aliphatic carbocycles. The maximum absolute atomic E-state index is 12.3. The highest BCUT2D eigenvalue weighted by molar-refractivity contribution is 5.78. The number of carbonyl (C=O) groups excluding carboxylic acids is 1. The van der Waals surface area contributed by atoms with E-state index in [1.165, 1.54) is 0 Å². The van der Waals surface area contributed by atoms with Crippen LogP contribution in [0.2, 0.25) is 0 Å². The summed E-state index contributed by atoms with van der Waals surface area (Å²) in [5.41, 5.74) is 2.07. The molecule has 0 bridgehead atoms. The first kappa shape index (κ1) is 16.0. The molecule has 0 radical (unpaired) electrons. The summed E-state index contributed by atoms with van der Waals surface area (Å²) in [7, 11) is 0. The largest absolute Gasteiger partial charge is 0.378 e. The van der Waals surface area contributed by atoms with Crippen molar-refractivity contribution in [3.8, 4) is 0 Å². The molecule has 1 aromatic carbocycles. The molecule has 124 valence electrons. The average molecular weight is 316 g/mol. The number of nitrogens with one attached hydrogen (secondary N) is 2. The minimum atomic E-state index is -0.126. The molecule has 0 spiro atoms. The van der Waals surface area contributed by atoms with Crippen molar-refractivity contribution in [2.24, 2.45) is 0 Å². The number of rotatable bonds is 5. The molecule has 1 aromatic heterocycles. The summed E-state index contributed by atoms with van der Waals surface area (Å²) in [6.45, 7) is 7.02. The van der Waals surface area contributed by atoms with E-state index in [1.54, 1.807) is 0 Å². The average Bonchev–Trinajstić information content (AvgIpc) is 2.94. The van der Waals surface area contributed by atoms with E-state index in [9.17, 15) is 4.79 Å². The molecule has 2 heterocycles. The molecule has 1 amide bonds. The van der Waals surface area contributed by atoms with Crippen LogP contribution >= 0.6 is 0 Å². The molecule has 1 aliphatic heterocycles. The molecule has 1 saturated heterocycles. The molecule has 0 saturated carbocycles. The normalized spacial score (nSPS) is 19.7. The predicted molar refractivity (Wildman–Crippen MR) is 89.2 cm³/mol. The Morgan fingerprint density at radius 3 is 3.09 bits per heavy atom. The maximum atomic E-state index is 12.3. The van der Waals surface area contributed by atoms with E-state index in [4.69, 9.17) is 9.72 Å². The van der Waals surface area contributed by atoms with E-state index >= 15 is 0 Å². The van der Waals surface area contributed by atoms with Gasteiger partial charge in [0.05, 0.1) is 30.3 Å². The minimum absolute atomic E-state index is 0.0233. The van der Waals surface area contributed by atoms with Crippen LogP contribution in [0.15, 0.2) is 24.3 Å². The summed E-state index contributed by atoms with van der Waals surface area (Å²) in [6, 6.07) is 8.03. The van der Waals surface area contributed by atoms with E-state index in [-0.39, 0.29) is 18.0 Å². The van der Waals surface area contributed by atoms with Gasteiger partial charge in [-0.2, -0.15) is 0 Å². The van der Waals surface area contributed by atoms with Crippen LogP contribution in [-0.2, 0) is 16.1 Å². The van der Waals surface area contributed by atoms with Gasteiger partial charge in [-0.15, -0.1) is 0 Å². The number of ether oxygens (including phenoxy) is 1. The lowest BCUT2D eigenvalue weighted by Crippen LogP contribution is -2.44. The van der Waals surface area contributed by atoms with Crippen LogP contribution in [0.4, 0.5) is 0 Å². The highest BCUT2D eigenvalue weighted by Gasteiger charge is 2.21. The Morgan fingerprint density at radius 2 is 2.35 bits per heavy atom. The molecule has 2 unspecified atom stereocenters. The molecule has 3 rings (SSSR count). The Bertz CT molecular complexity index is 676. The summed E-state index contributed by atoms with van der Waals surface area (Å²) >= 11 is 0. The summed E-state index contributed by atoms with van der Waals surface area (Å²) in [6.07, 6.45) is 0.427. The molecule has 23 heavy (non-hydrogen) atoms. The lowest BCUT2D eigenvalue weighted by atomic mass is 10.2. The van der Waals surface area contributed by atoms with Gasteiger partial charge in [-0.05, 0) is 26.0 Å². The van der Waals surface area contributed by atoms with Crippen molar-refractivity contribution in [3.63, 3.8) is 0 Å². The summed E-state index contributed by atoms with van der Waals surface area (Å²) in [4.78, 5) is 17.0. The van der Waals surface area contributed by atoms with Crippen LogP contribution < -0.4 is 10.6 Å². The summed E-state index contributed by atoms with van der Waals surface area (Å²) in [5, 5.41) is 6.36. The number of aryl methyl sites for hydroxylation is 1. The van der Waals surface area contributed by atoms with E-state index in [2.05, 4.69) is 28.2 Å². The lowest BCUT2D eigenvalue weighted by molar-refractivity contribution is -0.123. The van der Waals surface area contributed by atoms with Gasteiger partial charge < -0.3 is 19.9 Å². The smallest absolute Gasteiger partial charge is 0.222 e. The van der Waals surface area contributed by atoms with Gasteiger partial charge in [0.15, 0.2) is 0 Å². The molecule has 1 aliphatic rings. The molecule has 1 fully saturated rings. The number of para-hydroxylation sites is 2. The van der Waals surface area contributed by atoms with Crippen LogP contribution in [0.5, 0.6) is 0 Å². The van der Waals surface area contributed by atoms with Gasteiger partial charge in [0, 0.05) is 25.6 Å². The number of hydrogen-bond donors (Lipinski definition) is 2. The van der Waals surface area contributed by atoms with Gasteiger partial charge in [0.25, 0.3) is 0 Å². The summed E-state index contributed by atoms with van der Waals surface area (Å²) in [5.74, 6) is 0.921. The minimum Gasteiger partial charge on any atom is -0.378 e. The van der Waals surface area contributed by atoms with Gasteiger partial charge in [-0.1, -0.05) is 12.1 Å². The third-order valence-electron chi connectivity index (χ3n) is 4.20. The topological polar surface area (TPSA) is 68.2 Å². The van der Waals surface area contributed by atoms with E-state index in [0.717, 1.165) is 36.6 Å². The third kappa shape index (κ3) is 3.54. The Hall–Kier alpha value is -1.92. The number of morpholine rings is 1. The van der Waals surface area contributed by atoms with Crippen molar-refractivity contribution in [2.45, 2.75) is 38.9 Å². The second kappa shape index (κ2) is 7.10.